The minimum Gasteiger partial charge on any atom is -0.341 e. The van der Waals surface area contributed by atoms with Crippen LogP contribution in [0.1, 0.15) is 24.5 Å². The molecule has 1 unspecified atom stereocenters. The van der Waals surface area contributed by atoms with E-state index in [9.17, 15) is 4.79 Å². The summed E-state index contributed by atoms with van der Waals surface area (Å²) in [6.45, 7) is 5.21. The van der Waals surface area contributed by atoms with Crippen molar-refractivity contribution in [1.82, 2.24) is 4.90 Å². The molecular formula is C14H22N2O. The van der Waals surface area contributed by atoms with Crippen molar-refractivity contribution in [2.45, 2.75) is 26.8 Å². The SMILES string of the molecule is Cc1cccc(CN(C)C(=O)C(C)CCN)c1. The molecular weight excluding hydrogens is 212 g/mol. The van der Waals surface area contributed by atoms with E-state index in [2.05, 4.69) is 19.1 Å². The molecule has 2 N–H and O–H groups in total. The van der Waals surface area contributed by atoms with E-state index < -0.39 is 0 Å². The summed E-state index contributed by atoms with van der Waals surface area (Å²) in [5.41, 5.74) is 7.86. The fourth-order valence-corrected chi connectivity index (χ4v) is 1.91. The molecule has 94 valence electrons. The van der Waals surface area contributed by atoms with Gasteiger partial charge in [0.1, 0.15) is 0 Å². The molecule has 0 saturated heterocycles. The van der Waals surface area contributed by atoms with E-state index in [4.69, 9.17) is 5.73 Å². The number of nitrogens with zero attached hydrogens (tertiary/aromatic N) is 1. The lowest BCUT2D eigenvalue weighted by Gasteiger charge is -2.21. The van der Waals surface area contributed by atoms with Crippen LogP contribution in [-0.4, -0.2) is 24.4 Å². The Morgan fingerprint density at radius 1 is 1.47 bits per heavy atom. The molecule has 1 atom stereocenters. The number of hydrogen-bond donors (Lipinski definition) is 1. The second-order valence-electron chi connectivity index (χ2n) is 4.66. The number of nitrogens with two attached hydrogens (primary N) is 1. The molecule has 1 rings (SSSR count). The second-order valence-corrected chi connectivity index (χ2v) is 4.66. The molecule has 0 bridgehead atoms. The molecule has 0 fully saturated rings. The average molecular weight is 234 g/mol. The van der Waals surface area contributed by atoms with Gasteiger partial charge in [-0.15, -0.1) is 0 Å². The summed E-state index contributed by atoms with van der Waals surface area (Å²) in [5, 5.41) is 0. The van der Waals surface area contributed by atoms with E-state index in [0.29, 0.717) is 13.1 Å². The summed E-state index contributed by atoms with van der Waals surface area (Å²) in [6, 6.07) is 8.23. The minimum atomic E-state index is 0.00908. The number of carbonyl (C=O) groups is 1. The van der Waals surface area contributed by atoms with Gasteiger partial charge < -0.3 is 10.6 Å². The van der Waals surface area contributed by atoms with E-state index in [1.165, 1.54) is 11.1 Å². The van der Waals surface area contributed by atoms with Gasteiger partial charge in [0.05, 0.1) is 0 Å². The summed E-state index contributed by atoms with van der Waals surface area (Å²) < 4.78 is 0. The molecule has 17 heavy (non-hydrogen) atoms. The molecule has 0 spiro atoms. The van der Waals surface area contributed by atoms with Gasteiger partial charge >= 0.3 is 0 Å². The molecule has 0 heterocycles. The van der Waals surface area contributed by atoms with Gasteiger partial charge in [-0.05, 0) is 25.5 Å². The van der Waals surface area contributed by atoms with Crippen molar-refractivity contribution < 1.29 is 4.79 Å². The molecule has 1 amide bonds. The van der Waals surface area contributed by atoms with Gasteiger partial charge in [0.2, 0.25) is 5.91 Å². The van der Waals surface area contributed by atoms with Gasteiger partial charge in [0, 0.05) is 19.5 Å². The number of carbonyl (C=O) groups excluding carboxylic acids is 1. The lowest BCUT2D eigenvalue weighted by atomic mass is 10.1. The Hall–Kier alpha value is -1.35. The molecule has 0 aliphatic heterocycles. The van der Waals surface area contributed by atoms with Crippen molar-refractivity contribution >= 4 is 5.91 Å². The number of benzene rings is 1. The molecule has 0 radical (unpaired) electrons. The number of amides is 1. The summed E-state index contributed by atoms with van der Waals surface area (Å²) in [6.07, 6.45) is 0.747. The highest BCUT2D eigenvalue weighted by molar-refractivity contribution is 5.78. The average Bonchev–Trinajstić information content (AvgIpc) is 2.28. The van der Waals surface area contributed by atoms with Crippen molar-refractivity contribution in [2.75, 3.05) is 13.6 Å². The van der Waals surface area contributed by atoms with Gasteiger partial charge in [-0.3, -0.25) is 4.79 Å². The zero-order valence-corrected chi connectivity index (χ0v) is 10.9. The number of aryl methyl sites for hydroxylation is 1. The first-order chi connectivity index (χ1) is 8.04. The monoisotopic (exact) mass is 234 g/mol. The first-order valence-electron chi connectivity index (χ1n) is 6.05. The molecule has 0 aliphatic rings. The molecule has 0 aromatic heterocycles. The number of hydrogen-bond acceptors (Lipinski definition) is 2. The largest absolute Gasteiger partial charge is 0.341 e. The van der Waals surface area contributed by atoms with Crippen LogP contribution < -0.4 is 5.73 Å². The Morgan fingerprint density at radius 3 is 2.76 bits per heavy atom. The minimum absolute atomic E-state index is 0.00908. The van der Waals surface area contributed by atoms with Gasteiger partial charge in [-0.2, -0.15) is 0 Å². The van der Waals surface area contributed by atoms with Gasteiger partial charge in [0.15, 0.2) is 0 Å². The lowest BCUT2D eigenvalue weighted by molar-refractivity contribution is -0.134. The van der Waals surface area contributed by atoms with Crippen LogP contribution in [0.25, 0.3) is 0 Å². The van der Waals surface area contributed by atoms with E-state index in [1.54, 1.807) is 4.90 Å². The Kier molecular flexibility index (Phi) is 5.16. The van der Waals surface area contributed by atoms with Gasteiger partial charge in [-0.1, -0.05) is 36.8 Å². The van der Waals surface area contributed by atoms with Crippen LogP contribution in [0.15, 0.2) is 24.3 Å². The predicted molar refractivity (Wildman–Crippen MR) is 70.5 cm³/mol. The quantitative estimate of drug-likeness (QED) is 0.846. The van der Waals surface area contributed by atoms with E-state index in [-0.39, 0.29) is 11.8 Å². The topological polar surface area (TPSA) is 46.3 Å². The normalized spacial score (nSPS) is 12.2. The summed E-state index contributed by atoms with van der Waals surface area (Å²) in [4.78, 5) is 13.8. The molecule has 3 heteroatoms. The molecule has 1 aromatic rings. The van der Waals surface area contributed by atoms with E-state index in [0.717, 1.165) is 6.42 Å². The van der Waals surface area contributed by atoms with Crippen LogP contribution in [0, 0.1) is 12.8 Å². The summed E-state index contributed by atoms with van der Waals surface area (Å²) >= 11 is 0. The Balaban J connectivity index is 2.59. The molecule has 3 nitrogen and oxygen atoms in total. The Morgan fingerprint density at radius 2 is 2.18 bits per heavy atom. The van der Waals surface area contributed by atoms with Crippen LogP contribution in [0.3, 0.4) is 0 Å². The molecule has 1 aromatic carbocycles. The summed E-state index contributed by atoms with van der Waals surface area (Å²) in [7, 11) is 1.84. The van der Waals surface area contributed by atoms with Crippen LogP contribution in [0.5, 0.6) is 0 Å². The highest BCUT2D eigenvalue weighted by Gasteiger charge is 2.16. The Bertz CT molecular complexity index is 376. The molecule has 0 aliphatic carbocycles. The van der Waals surface area contributed by atoms with Crippen molar-refractivity contribution in [3.8, 4) is 0 Å². The van der Waals surface area contributed by atoms with Crippen LogP contribution in [-0.2, 0) is 11.3 Å². The maximum Gasteiger partial charge on any atom is 0.225 e. The van der Waals surface area contributed by atoms with Crippen molar-refractivity contribution in [3.05, 3.63) is 35.4 Å². The Labute approximate surface area is 104 Å². The number of rotatable bonds is 5. The maximum atomic E-state index is 12.0. The second kappa shape index (κ2) is 6.40. The summed E-state index contributed by atoms with van der Waals surface area (Å²) in [5.74, 6) is 0.173. The van der Waals surface area contributed by atoms with E-state index >= 15 is 0 Å². The smallest absolute Gasteiger partial charge is 0.225 e. The third-order valence-corrected chi connectivity index (χ3v) is 2.90. The predicted octanol–water partition coefficient (Wildman–Crippen LogP) is 1.94. The first kappa shape index (κ1) is 13.7. The standard InChI is InChI=1S/C14H22N2O/c1-11-5-4-6-13(9-11)10-16(3)14(17)12(2)7-8-15/h4-6,9,12H,7-8,10,15H2,1-3H3. The van der Waals surface area contributed by atoms with Crippen molar-refractivity contribution in [2.24, 2.45) is 11.7 Å². The fraction of sp³-hybridized carbons (Fsp3) is 0.500. The van der Waals surface area contributed by atoms with Gasteiger partial charge in [0.25, 0.3) is 0 Å². The van der Waals surface area contributed by atoms with E-state index in [1.807, 2.05) is 26.1 Å². The van der Waals surface area contributed by atoms with Gasteiger partial charge in [-0.25, -0.2) is 0 Å². The third-order valence-electron chi connectivity index (χ3n) is 2.90. The maximum absolute atomic E-state index is 12.0. The first-order valence-corrected chi connectivity index (χ1v) is 6.05. The molecule has 0 saturated carbocycles. The van der Waals surface area contributed by atoms with Crippen molar-refractivity contribution in [3.63, 3.8) is 0 Å². The van der Waals surface area contributed by atoms with Crippen LogP contribution in [0.4, 0.5) is 0 Å². The van der Waals surface area contributed by atoms with Crippen LogP contribution in [0.2, 0.25) is 0 Å². The van der Waals surface area contributed by atoms with Crippen LogP contribution >= 0.6 is 0 Å². The zero-order valence-electron chi connectivity index (χ0n) is 10.9. The third kappa shape index (κ3) is 4.19. The highest BCUT2D eigenvalue weighted by atomic mass is 16.2. The lowest BCUT2D eigenvalue weighted by Crippen LogP contribution is -2.32. The van der Waals surface area contributed by atoms with Crippen molar-refractivity contribution in [1.29, 1.82) is 0 Å². The highest BCUT2D eigenvalue weighted by Crippen LogP contribution is 2.10. The fourth-order valence-electron chi connectivity index (χ4n) is 1.91. The zero-order chi connectivity index (χ0) is 12.8.